The average molecular weight is 583 g/mol. The Balaban J connectivity index is 1.52. The molecule has 0 spiro atoms. The minimum atomic E-state index is -0.768. The topological polar surface area (TPSA) is 101 Å². The molecule has 1 atom stereocenters. The summed E-state index contributed by atoms with van der Waals surface area (Å²) in [6.07, 6.45) is 1.51. The monoisotopic (exact) mass is 582 g/mol. The number of carbonyl (C=O) groups excluding carboxylic acids is 3. The van der Waals surface area contributed by atoms with E-state index in [1.165, 1.54) is 0 Å². The fourth-order valence-electron chi connectivity index (χ4n) is 5.04. The summed E-state index contributed by atoms with van der Waals surface area (Å²) in [6, 6.07) is 10.9. The zero-order valence-corrected chi connectivity index (χ0v) is 25.2. The molecule has 2 aliphatic rings. The number of thioether (sulfide) groups is 1. The lowest BCUT2D eigenvalue weighted by Gasteiger charge is -2.31. The van der Waals surface area contributed by atoms with E-state index in [-0.39, 0.29) is 17.8 Å². The van der Waals surface area contributed by atoms with Crippen molar-refractivity contribution in [1.29, 1.82) is 0 Å². The number of nitrogens with zero attached hydrogens (tertiary/aromatic N) is 4. The molecule has 0 bridgehead atoms. The molecule has 2 aromatic rings. The van der Waals surface area contributed by atoms with Crippen LogP contribution in [0.2, 0.25) is 0 Å². The molecule has 0 N–H and O–H groups in total. The van der Waals surface area contributed by atoms with Gasteiger partial charge in [-0.3, -0.25) is 9.59 Å². The molecule has 4 rings (SSSR count). The quantitative estimate of drug-likeness (QED) is 0.342. The molecule has 0 aromatic heterocycles. The van der Waals surface area contributed by atoms with E-state index >= 15 is 0 Å². The van der Waals surface area contributed by atoms with Crippen LogP contribution >= 0.6 is 11.8 Å². The fraction of sp³-hybridized carbons (Fsp3) is 0.467. The maximum atomic E-state index is 13.5. The summed E-state index contributed by atoms with van der Waals surface area (Å²) < 4.78 is 16.1. The van der Waals surface area contributed by atoms with E-state index in [9.17, 15) is 14.4 Å². The normalized spacial score (nSPS) is 16.8. The molecule has 0 saturated heterocycles. The van der Waals surface area contributed by atoms with E-state index in [4.69, 9.17) is 14.2 Å². The average Bonchev–Trinajstić information content (AvgIpc) is 2.99. The number of anilines is 1. The Hall–Kier alpha value is -3.57. The number of fused-ring (bicyclic) bond motifs is 1. The smallest absolute Gasteiger partial charge is 0.438 e. The molecule has 0 aliphatic carbocycles. The highest BCUT2D eigenvalue weighted by Crippen LogP contribution is 2.34. The number of hydrazone groups is 1. The Labute approximate surface area is 245 Å². The Bertz CT molecular complexity index is 1310. The third-order valence-electron chi connectivity index (χ3n) is 7.32. The van der Waals surface area contributed by atoms with Gasteiger partial charge in [-0.05, 0) is 80.7 Å². The van der Waals surface area contributed by atoms with Gasteiger partial charge in [0.25, 0.3) is 5.91 Å². The molecule has 11 heteroatoms. The predicted octanol–water partition coefficient (Wildman–Crippen LogP) is 5.43. The molecule has 0 fully saturated rings. The van der Waals surface area contributed by atoms with Crippen LogP contribution in [-0.4, -0.2) is 85.1 Å². The van der Waals surface area contributed by atoms with Crippen LogP contribution in [0.4, 0.5) is 15.3 Å². The second kappa shape index (κ2) is 13.9. The maximum absolute atomic E-state index is 13.5. The van der Waals surface area contributed by atoms with E-state index in [1.807, 2.05) is 25.1 Å². The summed E-state index contributed by atoms with van der Waals surface area (Å²) in [7, 11) is 3.10. The number of rotatable bonds is 10. The van der Waals surface area contributed by atoms with Gasteiger partial charge in [-0.15, -0.1) is 5.01 Å². The molecule has 3 amide bonds. The zero-order chi connectivity index (χ0) is 29.5. The van der Waals surface area contributed by atoms with Crippen LogP contribution in [0.15, 0.2) is 41.5 Å². The Kier molecular flexibility index (Phi) is 10.3. The summed E-state index contributed by atoms with van der Waals surface area (Å²) in [5.41, 5.74) is 3.75. The molecule has 2 aliphatic heterocycles. The first kappa shape index (κ1) is 30.4. The van der Waals surface area contributed by atoms with Gasteiger partial charge in [-0.1, -0.05) is 31.7 Å². The van der Waals surface area contributed by atoms with Crippen LogP contribution in [0.25, 0.3) is 0 Å². The second-order valence-corrected chi connectivity index (χ2v) is 11.1. The lowest BCUT2D eigenvalue weighted by atomic mass is 9.96. The summed E-state index contributed by atoms with van der Waals surface area (Å²) >= 11 is 1.04. The van der Waals surface area contributed by atoms with Crippen molar-refractivity contribution in [3.63, 3.8) is 0 Å². The van der Waals surface area contributed by atoms with Crippen molar-refractivity contribution in [2.75, 3.05) is 51.9 Å². The van der Waals surface area contributed by atoms with E-state index in [2.05, 4.69) is 23.8 Å². The first-order valence-corrected chi connectivity index (χ1v) is 14.8. The van der Waals surface area contributed by atoms with Crippen LogP contribution in [0.5, 0.6) is 11.5 Å². The largest absolute Gasteiger partial charge is 0.493 e. The molecule has 10 nitrogen and oxygen atoms in total. The number of aryl methyl sites for hydroxylation is 1. The molecule has 0 radical (unpaired) electrons. The van der Waals surface area contributed by atoms with Gasteiger partial charge in [0.1, 0.15) is 0 Å². The third kappa shape index (κ3) is 6.84. The molecule has 2 aromatic carbocycles. The van der Waals surface area contributed by atoms with Gasteiger partial charge in [0.05, 0.1) is 31.8 Å². The Morgan fingerprint density at radius 2 is 1.83 bits per heavy atom. The van der Waals surface area contributed by atoms with Gasteiger partial charge in [0.15, 0.2) is 11.5 Å². The molecule has 1 unspecified atom stereocenters. The lowest BCUT2D eigenvalue weighted by Crippen LogP contribution is -2.39. The Morgan fingerprint density at radius 1 is 1.07 bits per heavy atom. The minimum Gasteiger partial charge on any atom is -0.493 e. The van der Waals surface area contributed by atoms with Crippen LogP contribution in [-0.2, 0) is 11.2 Å². The van der Waals surface area contributed by atoms with Crippen molar-refractivity contribution in [1.82, 2.24) is 9.91 Å². The lowest BCUT2D eigenvalue weighted by molar-refractivity contribution is 0.0984. The minimum absolute atomic E-state index is 0.126. The van der Waals surface area contributed by atoms with Gasteiger partial charge in [-0.2, -0.15) is 5.10 Å². The molecular formula is C30H38N4O6S. The van der Waals surface area contributed by atoms with Crippen LogP contribution in [0.1, 0.15) is 55.1 Å². The molecule has 41 heavy (non-hydrogen) atoms. The van der Waals surface area contributed by atoms with Gasteiger partial charge in [-0.25, -0.2) is 4.79 Å². The number of imide groups is 1. The van der Waals surface area contributed by atoms with E-state index in [1.54, 1.807) is 37.3 Å². The van der Waals surface area contributed by atoms with Crippen molar-refractivity contribution in [3.05, 3.63) is 53.1 Å². The molecule has 220 valence electrons. The van der Waals surface area contributed by atoms with Crippen molar-refractivity contribution in [2.45, 2.75) is 45.3 Å². The summed E-state index contributed by atoms with van der Waals surface area (Å²) in [4.78, 5) is 42.9. The van der Waals surface area contributed by atoms with Crippen LogP contribution < -0.4 is 14.4 Å². The van der Waals surface area contributed by atoms with Crippen molar-refractivity contribution in [3.8, 4) is 11.5 Å². The zero-order valence-electron chi connectivity index (χ0n) is 24.3. The molecular weight excluding hydrogens is 544 g/mol. The number of hydrogen-bond acceptors (Lipinski definition) is 9. The summed E-state index contributed by atoms with van der Waals surface area (Å²) in [6.45, 7) is 9.55. The number of ether oxygens (including phenoxy) is 3. The number of amides is 3. The predicted molar refractivity (Wildman–Crippen MR) is 161 cm³/mol. The van der Waals surface area contributed by atoms with Crippen molar-refractivity contribution >= 4 is 40.4 Å². The fourth-order valence-corrected chi connectivity index (χ4v) is 5.85. The van der Waals surface area contributed by atoms with Crippen molar-refractivity contribution < 1.29 is 28.6 Å². The first-order valence-electron chi connectivity index (χ1n) is 14.0. The summed E-state index contributed by atoms with van der Waals surface area (Å²) in [5, 5.41) is 4.55. The number of benzene rings is 2. The first-order chi connectivity index (χ1) is 19.8. The summed E-state index contributed by atoms with van der Waals surface area (Å²) in [5.74, 6) is 0.928. The SMILES string of the molecule is CCN(CC)CCCOC(=O)N1N=C(c2ccc3c(c2)CCCN3C(=O)c2ccc(OC)c(OC)c2)C(C)SC1=O. The standard InChI is InChI=1S/C30H38N4O6S/c1-6-32(7-2)15-9-17-40-29(36)34-30(37)41-20(3)27(31-34)22-11-13-24-21(18-22)10-8-16-33(24)28(35)23-12-14-25(38-4)26(19-23)39-5/h11-14,18-20H,6-10,15-17H2,1-5H3. The number of hydrogen-bond donors (Lipinski definition) is 0. The van der Waals surface area contributed by atoms with Gasteiger partial charge >= 0.3 is 11.3 Å². The highest BCUT2D eigenvalue weighted by molar-refractivity contribution is 8.14. The number of methoxy groups -OCH3 is 2. The van der Waals surface area contributed by atoms with E-state index in [0.29, 0.717) is 35.7 Å². The Morgan fingerprint density at radius 3 is 2.54 bits per heavy atom. The van der Waals surface area contributed by atoms with E-state index < -0.39 is 11.3 Å². The van der Waals surface area contributed by atoms with E-state index in [0.717, 1.165) is 66.1 Å². The maximum Gasteiger partial charge on any atom is 0.438 e. The van der Waals surface area contributed by atoms with Crippen LogP contribution in [0.3, 0.4) is 0 Å². The highest BCUT2D eigenvalue weighted by Gasteiger charge is 2.34. The van der Waals surface area contributed by atoms with Crippen LogP contribution in [0, 0.1) is 0 Å². The molecule has 2 heterocycles. The van der Waals surface area contributed by atoms with Gasteiger partial charge < -0.3 is 24.0 Å². The molecule has 0 saturated carbocycles. The number of carbonyl (C=O) groups is 3. The second-order valence-electron chi connectivity index (χ2n) is 9.79. The highest BCUT2D eigenvalue weighted by atomic mass is 32.2. The third-order valence-corrected chi connectivity index (χ3v) is 8.28. The van der Waals surface area contributed by atoms with Crippen molar-refractivity contribution in [2.24, 2.45) is 5.10 Å². The van der Waals surface area contributed by atoms with Gasteiger partial charge in [0.2, 0.25) is 0 Å². The van der Waals surface area contributed by atoms with Gasteiger partial charge in [0, 0.05) is 24.3 Å².